The number of carbonyl (C=O) groups excluding carboxylic acids is 1. The second kappa shape index (κ2) is 5.85. The fourth-order valence-electron chi connectivity index (χ4n) is 1.25. The lowest BCUT2D eigenvalue weighted by atomic mass is 10.2. The normalized spacial score (nSPS) is 9.62. The Labute approximate surface area is 95.0 Å². The average molecular weight is 223 g/mol. The van der Waals surface area contributed by atoms with Gasteiger partial charge in [0.25, 0.3) is 0 Å². The molecule has 1 aromatic rings. The number of rotatable bonds is 5. The quantitative estimate of drug-likeness (QED) is 0.646. The van der Waals surface area contributed by atoms with E-state index in [1.54, 1.807) is 25.3 Å². The monoisotopic (exact) mass is 223 g/mol. The summed E-state index contributed by atoms with van der Waals surface area (Å²) in [6, 6.07) is 5.26. The van der Waals surface area contributed by atoms with Crippen LogP contribution in [-0.4, -0.2) is 26.1 Å². The molecule has 0 heterocycles. The minimum absolute atomic E-state index is 0.0651. The van der Waals surface area contributed by atoms with Crippen molar-refractivity contribution in [2.75, 3.05) is 31.2 Å². The molecule has 0 aromatic heterocycles. The van der Waals surface area contributed by atoms with Gasteiger partial charge in [-0.2, -0.15) is 0 Å². The molecule has 0 aliphatic heterocycles. The second-order valence-corrected chi connectivity index (χ2v) is 3.26. The zero-order valence-corrected chi connectivity index (χ0v) is 9.54. The van der Waals surface area contributed by atoms with Crippen molar-refractivity contribution in [2.24, 2.45) is 0 Å². The first kappa shape index (κ1) is 12.2. The third kappa shape index (κ3) is 3.34. The number of likely N-dealkylation sites (N-methyl/N-ethyl adjacent to an activating group) is 1. The predicted octanol–water partition coefficient (Wildman–Crippen LogP) is 0.825. The SMILES string of the molecule is CCNC(=O)CNc1cc(OC)ccc1N. The molecule has 0 aliphatic carbocycles. The highest BCUT2D eigenvalue weighted by Gasteiger charge is 2.03. The molecule has 0 spiro atoms. The first-order valence-corrected chi connectivity index (χ1v) is 5.11. The van der Waals surface area contributed by atoms with Crippen molar-refractivity contribution in [1.82, 2.24) is 5.32 Å². The van der Waals surface area contributed by atoms with Crippen LogP contribution >= 0.6 is 0 Å². The number of methoxy groups -OCH3 is 1. The van der Waals surface area contributed by atoms with Crippen molar-refractivity contribution >= 4 is 17.3 Å². The fourth-order valence-corrected chi connectivity index (χ4v) is 1.25. The van der Waals surface area contributed by atoms with E-state index in [1.165, 1.54) is 0 Å². The highest BCUT2D eigenvalue weighted by atomic mass is 16.5. The summed E-state index contributed by atoms with van der Waals surface area (Å²) in [5, 5.41) is 5.65. The molecule has 1 aromatic carbocycles. The summed E-state index contributed by atoms with van der Waals surface area (Å²) in [6.07, 6.45) is 0. The van der Waals surface area contributed by atoms with Crippen LogP contribution in [0.5, 0.6) is 5.75 Å². The average Bonchev–Trinajstić information content (AvgIpc) is 2.28. The van der Waals surface area contributed by atoms with Crippen LogP contribution in [0.1, 0.15) is 6.92 Å². The number of ether oxygens (including phenoxy) is 1. The first-order chi connectivity index (χ1) is 7.67. The van der Waals surface area contributed by atoms with E-state index in [1.807, 2.05) is 6.92 Å². The van der Waals surface area contributed by atoms with Gasteiger partial charge in [-0.1, -0.05) is 0 Å². The highest BCUT2D eigenvalue weighted by molar-refractivity contribution is 5.82. The van der Waals surface area contributed by atoms with Crippen LogP contribution in [0.4, 0.5) is 11.4 Å². The van der Waals surface area contributed by atoms with E-state index in [9.17, 15) is 4.79 Å². The third-order valence-corrected chi connectivity index (χ3v) is 2.07. The van der Waals surface area contributed by atoms with Gasteiger partial charge in [0.2, 0.25) is 5.91 Å². The van der Waals surface area contributed by atoms with Crippen molar-refractivity contribution in [2.45, 2.75) is 6.92 Å². The Morgan fingerprint density at radius 3 is 2.88 bits per heavy atom. The number of nitrogens with two attached hydrogens (primary N) is 1. The van der Waals surface area contributed by atoms with Crippen LogP contribution in [-0.2, 0) is 4.79 Å². The van der Waals surface area contributed by atoms with Gasteiger partial charge in [-0.3, -0.25) is 4.79 Å². The van der Waals surface area contributed by atoms with E-state index in [4.69, 9.17) is 10.5 Å². The summed E-state index contributed by atoms with van der Waals surface area (Å²) < 4.78 is 5.07. The van der Waals surface area contributed by atoms with Crippen molar-refractivity contribution < 1.29 is 9.53 Å². The molecule has 16 heavy (non-hydrogen) atoms. The van der Waals surface area contributed by atoms with Crippen LogP contribution in [0, 0.1) is 0 Å². The molecule has 5 heteroatoms. The number of nitrogens with one attached hydrogen (secondary N) is 2. The van der Waals surface area contributed by atoms with Crippen molar-refractivity contribution in [3.8, 4) is 5.75 Å². The lowest BCUT2D eigenvalue weighted by Crippen LogP contribution is -2.29. The van der Waals surface area contributed by atoms with Gasteiger partial charge in [-0.15, -0.1) is 0 Å². The zero-order valence-electron chi connectivity index (χ0n) is 9.54. The summed E-state index contributed by atoms with van der Waals surface area (Å²) in [7, 11) is 1.58. The molecule has 0 bridgehead atoms. The summed E-state index contributed by atoms with van der Waals surface area (Å²) in [4.78, 5) is 11.2. The van der Waals surface area contributed by atoms with Crippen LogP contribution in [0.15, 0.2) is 18.2 Å². The van der Waals surface area contributed by atoms with Gasteiger partial charge in [0.05, 0.1) is 25.0 Å². The van der Waals surface area contributed by atoms with Crippen molar-refractivity contribution in [1.29, 1.82) is 0 Å². The lowest BCUT2D eigenvalue weighted by Gasteiger charge is -2.10. The molecule has 0 aliphatic rings. The minimum atomic E-state index is -0.0651. The fraction of sp³-hybridized carbons (Fsp3) is 0.364. The summed E-state index contributed by atoms with van der Waals surface area (Å²) >= 11 is 0. The van der Waals surface area contributed by atoms with E-state index in [2.05, 4.69) is 10.6 Å². The van der Waals surface area contributed by atoms with Crippen molar-refractivity contribution in [3.05, 3.63) is 18.2 Å². The number of nitrogen functional groups attached to an aromatic ring is 1. The standard InChI is InChI=1S/C11H17N3O2/c1-3-13-11(15)7-14-10-6-8(16-2)4-5-9(10)12/h4-6,14H,3,7,12H2,1-2H3,(H,13,15). The number of anilines is 2. The molecule has 0 radical (unpaired) electrons. The summed E-state index contributed by atoms with van der Waals surface area (Å²) in [5.74, 6) is 0.636. The summed E-state index contributed by atoms with van der Waals surface area (Å²) in [6.45, 7) is 2.69. The largest absolute Gasteiger partial charge is 0.497 e. The van der Waals surface area contributed by atoms with Crippen LogP contribution in [0.25, 0.3) is 0 Å². The van der Waals surface area contributed by atoms with Crippen LogP contribution in [0.3, 0.4) is 0 Å². The molecule has 1 amide bonds. The molecule has 0 atom stereocenters. The molecular weight excluding hydrogens is 206 g/mol. The van der Waals surface area contributed by atoms with Gasteiger partial charge in [0.15, 0.2) is 0 Å². The Morgan fingerprint density at radius 2 is 2.25 bits per heavy atom. The Kier molecular flexibility index (Phi) is 4.44. The Balaban J connectivity index is 2.62. The van der Waals surface area contributed by atoms with E-state index < -0.39 is 0 Å². The maximum Gasteiger partial charge on any atom is 0.239 e. The van der Waals surface area contributed by atoms with Gasteiger partial charge in [0, 0.05) is 12.6 Å². The smallest absolute Gasteiger partial charge is 0.239 e. The van der Waals surface area contributed by atoms with Gasteiger partial charge >= 0.3 is 0 Å². The number of benzene rings is 1. The molecule has 1 rings (SSSR count). The molecule has 88 valence electrons. The lowest BCUT2D eigenvalue weighted by molar-refractivity contribution is -0.119. The Hall–Kier alpha value is -1.91. The highest BCUT2D eigenvalue weighted by Crippen LogP contribution is 2.23. The first-order valence-electron chi connectivity index (χ1n) is 5.11. The molecule has 0 saturated heterocycles. The van der Waals surface area contributed by atoms with E-state index >= 15 is 0 Å². The molecule has 0 saturated carbocycles. The second-order valence-electron chi connectivity index (χ2n) is 3.26. The van der Waals surface area contributed by atoms with Gasteiger partial charge < -0.3 is 21.1 Å². The summed E-state index contributed by atoms with van der Waals surface area (Å²) in [5.41, 5.74) is 7.04. The van der Waals surface area contributed by atoms with Crippen molar-refractivity contribution in [3.63, 3.8) is 0 Å². The molecule has 0 unspecified atom stereocenters. The number of amides is 1. The predicted molar refractivity (Wildman–Crippen MR) is 64.6 cm³/mol. The Morgan fingerprint density at radius 1 is 1.50 bits per heavy atom. The van der Waals surface area contributed by atoms with Gasteiger partial charge in [0.1, 0.15) is 5.75 Å². The number of hydrogen-bond donors (Lipinski definition) is 3. The molecule has 5 nitrogen and oxygen atoms in total. The van der Waals surface area contributed by atoms with E-state index in [0.29, 0.717) is 23.7 Å². The van der Waals surface area contributed by atoms with Gasteiger partial charge in [-0.05, 0) is 19.1 Å². The Bertz CT molecular complexity index is 366. The minimum Gasteiger partial charge on any atom is -0.497 e. The van der Waals surface area contributed by atoms with Gasteiger partial charge in [-0.25, -0.2) is 0 Å². The van der Waals surface area contributed by atoms with Crippen LogP contribution < -0.4 is 21.1 Å². The zero-order chi connectivity index (χ0) is 12.0. The number of carbonyl (C=O) groups is 1. The number of hydrogen-bond acceptors (Lipinski definition) is 4. The maximum absolute atomic E-state index is 11.2. The van der Waals surface area contributed by atoms with Crippen LogP contribution in [0.2, 0.25) is 0 Å². The molecule has 0 fully saturated rings. The molecule has 4 N–H and O–H groups in total. The third-order valence-electron chi connectivity index (χ3n) is 2.07. The maximum atomic E-state index is 11.2. The van der Waals surface area contributed by atoms with E-state index in [-0.39, 0.29) is 12.5 Å². The van der Waals surface area contributed by atoms with E-state index in [0.717, 1.165) is 0 Å². The molecular formula is C11H17N3O2. The topological polar surface area (TPSA) is 76.4 Å².